The first kappa shape index (κ1) is 22.4. The molecule has 3 aliphatic rings. The number of esters is 1. The molecule has 1 aromatic carbocycles. The first-order chi connectivity index (χ1) is 13.3. The van der Waals surface area contributed by atoms with Gasteiger partial charge < -0.3 is 9.64 Å². The number of allylic oxidation sites excluding steroid dienone is 1. The topological polar surface area (TPSA) is 29.5 Å². The Morgan fingerprint density at radius 1 is 1.34 bits per heavy atom. The normalized spacial score (nSPS) is 25.6. The third-order valence-corrected chi connectivity index (χ3v) is 6.11. The average molecular weight is 413 g/mol. The van der Waals surface area contributed by atoms with Gasteiger partial charge in [0.15, 0.2) is 0 Å². The second-order valence-corrected chi connectivity index (χ2v) is 7.93. The number of carbonyl (C=O) groups excluding carboxylic acids is 1. The van der Waals surface area contributed by atoms with Crippen molar-refractivity contribution in [2.24, 2.45) is 0 Å². The summed E-state index contributed by atoms with van der Waals surface area (Å²) < 4.78 is 45.4. The third kappa shape index (κ3) is 3.68. The van der Waals surface area contributed by atoms with E-state index in [0.717, 1.165) is 48.7 Å². The molecule has 7 heteroatoms. The molecule has 0 saturated heterocycles. The van der Waals surface area contributed by atoms with Gasteiger partial charge in [-0.25, -0.2) is 4.79 Å². The number of hydrogen-bond donors (Lipinski definition) is 0. The Kier molecular flexibility index (Phi) is 6.29. The van der Waals surface area contributed by atoms with Crippen molar-refractivity contribution in [2.45, 2.75) is 63.6 Å². The minimum atomic E-state index is -4.73. The van der Waals surface area contributed by atoms with E-state index in [-0.39, 0.29) is 29.6 Å². The van der Waals surface area contributed by atoms with Crippen molar-refractivity contribution < 1.29 is 52.3 Å². The van der Waals surface area contributed by atoms with Crippen LogP contribution >= 0.6 is 0 Å². The van der Waals surface area contributed by atoms with Gasteiger partial charge in [0.05, 0.1) is 0 Å². The number of ether oxygens (including phenoxy) is 1. The predicted octanol–water partition coefficient (Wildman–Crippen LogP) is 2.22. The van der Waals surface area contributed by atoms with Crippen molar-refractivity contribution in [3.8, 4) is 0 Å². The van der Waals surface area contributed by atoms with Crippen LogP contribution in [0.5, 0.6) is 0 Å². The molecule has 0 aliphatic carbocycles. The van der Waals surface area contributed by atoms with Crippen LogP contribution in [0.3, 0.4) is 0 Å². The average Bonchev–Trinajstić information content (AvgIpc) is 2.90. The van der Waals surface area contributed by atoms with Crippen LogP contribution < -0.4 is 34.5 Å². The Morgan fingerprint density at radius 2 is 2.10 bits per heavy atom. The van der Waals surface area contributed by atoms with Crippen LogP contribution in [0.2, 0.25) is 0 Å². The molecule has 2 atom stereocenters. The van der Waals surface area contributed by atoms with Crippen LogP contribution in [0.25, 0.3) is 0 Å². The molecular weight excluding hydrogens is 390 g/mol. The van der Waals surface area contributed by atoms with Crippen molar-refractivity contribution in [1.29, 1.82) is 0 Å². The van der Waals surface area contributed by atoms with Crippen LogP contribution in [-0.4, -0.2) is 24.8 Å². The van der Waals surface area contributed by atoms with Crippen molar-refractivity contribution in [3.05, 3.63) is 52.7 Å². The van der Waals surface area contributed by atoms with E-state index in [0.29, 0.717) is 18.5 Å². The minimum Gasteiger partial charge on any atom is -0.454 e. The third-order valence-electron chi connectivity index (χ3n) is 6.11. The standard InChI is InChI=1S/C22H23F3NO2.Na/c1-3-4-7-11-21(2)15-8-5-6-9-17(15)26-12-10-18-14(19(21)26)13-16(20(27)28-18)22(23,24)25;/h6,8-9,13,18H,3-4,7,10-12H2,1-2H3;/q-1;+1. The number of benzene rings is 1. The van der Waals surface area contributed by atoms with Gasteiger partial charge in [0.2, 0.25) is 0 Å². The smallest absolute Gasteiger partial charge is 0.454 e. The van der Waals surface area contributed by atoms with E-state index in [1.54, 1.807) is 0 Å². The van der Waals surface area contributed by atoms with Crippen LogP contribution in [0, 0.1) is 6.07 Å². The zero-order chi connectivity index (χ0) is 20.1. The molecule has 4 rings (SSSR count). The summed E-state index contributed by atoms with van der Waals surface area (Å²) >= 11 is 0. The molecule has 0 radical (unpaired) electrons. The van der Waals surface area contributed by atoms with Crippen LogP contribution in [0.1, 0.15) is 51.5 Å². The molecule has 29 heavy (non-hydrogen) atoms. The fraction of sp³-hybridized carbons (Fsp3) is 0.500. The van der Waals surface area contributed by atoms with E-state index in [4.69, 9.17) is 4.74 Å². The first-order valence-electron chi connectivity index (χ1n) is 9.80. The van der Waals surface area contributed by atoms with E-state index in [1.165, 1.54) is 0 Å². The molecule has 3 nitrogen and oxygen atoms in total. The summed E-state index contributed by atoms with van der Waals surface area (Å²) in [7, 11) is 0. The molecule has 2 unspecified atom stereocenters. The zero-order valence-corrected chi connectivity index (χ0v) is 19.0. The maximum atomic E-state index is 13.4. The maximum Gasteiger partial charge on any atom is 1.00 e. The molecule has 3 aliphatic heterocycles. The second kappa shape index (κ2) is 8.12. The summed E-state index contributed by atoms with van der Waals surface area (Å²) in [5.74, 6) is -1.27. The number of fused-ring (bicyclic) bond motifs is 4. The fourth-order valence-electron chi connectivity index (χ4n) is 4.78. The quantitative estimate of drug-likeness (QED) is 0.328. The van der Waals surface area contributed by atoms with Gasteiger partial charge in [-0.2, -0.15) is 31.4 Å². The number of nitrogens with zero attached hydrogens (tertiary/aromatic N) is 1. The molecule has 0 fully saturated rings. The first-order valence-corrected chi connectivity index (χ1v) is 9.80. The Morgan fingerprint density at radius 3 is 2.79 bits per heavy atom. The molecule has 0 aromatic heterocycles. The summed E-state index contributed by atoms with van der Waals surface area (Å²) in [5, 5.41) is 0. The summed E-state index contributed by atoms with van der Waals surface area (Å²) in [6.45, 7) is 4.84. The Labute approximate surface area is 191 Å². The molecule has 0 amide bonds. The monoisotopic (exact) mass is 413 g/mol. The van der Waals surface area contributed by atoms with Gasteiger partial charge in [0.25, 0.3) is 0 Å². The van der Waals surface area contributed by atoms with E-state index in [2.05, 4.69) is 24.8 Å². The van der Waals surface area contributed by atoms with Gasteiger partial charge in [-0.3, -0.25) is 0 Å². The number of unbranched alkanes of at least 4 members (excludes halogenated alkanes) is 2. The van der Waals surface area contributed by atoms with Crippen molar-refractivity contribution in [3.63, 3.8) is 0 Å². The molecule has 0 N–H and O–H groups in total. The molecule has 0 bridgehead atoms. The van der Waals surface area contributed by atoms with Gasteiger partial charge >= 0.3 is 41.7 Å². The summed E-state index contributed by atoms with van der Waals surface area (Å²) in [5.41, 5.74) is 1.82. The number of alkyl halides is 3. The number of rotatable bonds is 4. The summed E-state index contributed by atoms with van der Waals surface area (Å²) in [6, 6.07) is 8.89. The van der Waals surface area contributed by atoms with Gasteiger partial charge in [0, 0.05) is 24.2 Å². The summed E-state index contributed by atoms with van der Waals surface area (Å²) in [6.07, 6.45) is 0.109. The van der Waals surface area contributed by atoms with Gasteiger partial charge in [-0.15, -0.1) is 11.6 Å². The van der Waals surface area contributed by atoms with E-state index in [9.17, 15) is 18.0 Å². The predicted molar refractivity (Wildman–Crippen MR) is 99.8 cm³/mol. The maximum absolute atomic E-state index is 13.4. The Bertz CT molecular complexity index is 877. The van der Waals surface area contributed by atoms with Crippen LogP contribution in [0.15, 0.2) is 41.1 Å². The minimum absolute atomic E-state index is 0. The van der Waals surface area contributed by atoms with Crippen molar-refractivity contribution >= 4 is 11.7 Å². The zero-order valence-electron chi connectivity index (χ0n) is 17.0. The Hall–Kier alpha value is -1.24. The summed E-state index contributed by atoms with van der Waals surface area (Å²) in [4.78, 5) is 14.0. The largest absolute Gasteiger partial charge is 1.00 e. The Balaban J connectivity index is 0.00000240. The number of halogens is 3. The van der Waals surface area contributed by atoms with Crippen LogP contribution in [-0.2, 0) is 14.9 Å². The second-order valence-electron chi connectivity index (χ2n) is 7.93. The molecule has 1 aromatic rings. The van der Waals surface area contributed by atoms with Crippen molar-refractivity contribution in [1.82, 2.24) is 0 Å². The van der Waals surface area contributed by atoms with Crippen molar-refractivity contribution in [2.75, 3.05) is 11.4 Å². The molecule has 3 heterocycles. The fourth-order valence-corrected chi connectivity index (χ4v) is 4.78. The molecular formula is C22H23F3NNaO2. The SMILES string of the molecule is CCCCCC1(C)C2=C3C=C(C(F)(F)F)C(=O)OC3CCN2c2cc[c-]cc21.[Na+]. The number of anilines is 1. The molecule has 0 saturated carbocycles. The van der Waals surface area contributed by atoms with E-state index in [1.807, 2.05) is 18.2 Å². The van der Waals surface area contributed by atoms with Crippen LogP contribution in [0.4, 0.5) is 18.9 Å². The van der Waals surface area contributed by atoms with Gasteiger partial charge in [-0.05, 0) is 17.9 Å². The van der Waals surface area contributed by atoms with E-state index < -0.39 is 29.2 Å². The van der Waals surface area contributed by atoms with Gasteiger partial charge in [0.1, 0.15) is 11.7 Å². The molecule has 0 spiro atoms. The number of carbonyl (C=O) groups is 1. The molecule has 150 valence electrons. The number of hydrogen-bond acceptors (Lipinski definition) is 3. The van der Waals surface area contributed by atoms with Gasteiger partial charge in [-0.1, -0.05) is 38.8 Å². The van der Waals surface area contributed by atoms with E-state index >= 15 is 0 Å².